The Hall–Kier alpha value is -2.75. The number of hydrogen-bond acceptors (Lipinski definition) is 3. The van der Waals surface area contributed by atoms with Gasteiger partial charge in [0.25, 0.3) is 6.47 Å². The van der Waals surface area contributed by atoms with Crippen molar-refractivity contribution < 1.29 is 14.3 Å². The van der Waals surface area contributed by atoms with Crippen LogP contribution in [0.15, 0.2) is 60.8 Å². The van der Waals surface area contributed by atoms with E-state index in [-0.39, 0.29) is 0 Å². The summed E-state index contributed by atoms with van der Waals surface area (Å²) in [7, 11) is 0. The highest BCUT2D eigenvalue weighted by Gasteiger charge is 2.03. The zero-order chi connectivity index (χ0) is 15.6. The van der Waals surface area contributed by atoms with Gasteiger partial charge in [0.15, 0.2) is 0 Å². The van der Waals surface area contributed by atoms with E-state index in [1.807, 2.05) is 42.6 Å². The van der Waals surface area contributed by atoms with Gasteiger partial charge in [-0.25, -0.2) is 0 Å². The molecule has 0 bridgehead atoms. The SMILES string of the molecule is CCOC=O.c1ccc(COc2c[nH]c3ccccc23)cc1. The number of nitrogens with one attached hydrogen (secondary N) is 1. The smallest absolute Gasteiger partial charge is 0.293 e. The van der Waals surface area contributed by atoms with Gasteiger partial charge in [-0.1, -0.05) is 42.5 Å². The van der Waals surface area contributed by atoms with Crippen LogP contribution in [0, 0.1) is 0 Å². The van der Waals surface area contributed by atoms with Crippen LogP contribution in [0.2, 0.25) is 0 Å². The number of carbonyl (C=O) groups excluding carboxylic acids is 1. The molecular weight excluding hydrogens is 278 g/mol. The summed E-state index contributed by atoms with van der Waals surface area (Å²) in [6, 6.07) is 18.3. The van der Waals surface area contributed by atoms with Crippen molar-refractivity contribution in [3.63, 3.8) is 0 Å². The van der Waals surface area contributed by atoms with Crippen molar-refractivity contribution in [1.29, 1.82) is 0 Å². The first-order chi connectivity index (χ1) is 10.8. The van der Waals surface area contributed by atoms with E-state index in [2.05, 4.69) is 27.9 Å². The Labute approximate surface area is 129 Å². The zero-order valence-corrected chi connectivity index (χ0v) is 12.5. The normalized spacial score (nSPS) is 9.68. The minimum Gasteiger partial charge on any atom is -0.487 e. The molecule has 0 fully saturated rings. The van der Waals surface area contributed by atoms with E-state index in [1.54, 1.807) is 6.92 Å². The molecule has 1 N–H and O–H groups in total. The summed E-state index contributed by atoms with van der Waals surface area (Å²) >= 11 is 0. The van der Waals surface area contributed by atoms with Crippen molar-refractivity contribution in [2.75, 3.05) is 6.61 Å². The predicted molar refractivity (Wildman–Crippen MR) is 86.8 cm³/mol. The first-order valence-electron chi connectivity index (χ1n) is 7.13. The van der Waals surface area contributed by atoms with Crippen molar-refractivity contribution in [3.05, 3.63) is 66.4 Å². The molecule has 0 saturated carbocycles. The minimum atomic E-state index is 0.431. The molecule has 0 amide bonds. The van der Waals surface area contributed by atoms with Gasteiger partial charge >= 0.3 is 0 Å². The molecule has 0 saturated heterocycles. The molecule has 1 aromatic heterocycles. The summed E-state index contributed by atoms with van der Waals surface area (Å²) < 4.78 is 9.97. The molecule has 4 heteroatoms. The Bertz CT molecular complexity index is 692. The number of carbonyl (C=O) groups is 1. The van der Waals surface area contributed by atoms with E-state index in [0.29, 0.717) is 19.7 Å². The number of fused-ring (bicyclic) bond motifs is 1. The Morgan fingerprint density at radius 1 is 1.05 bits per heavy atom. The lowest BCUT2D eigenvalue weighted by Crippen LogP contribution is -1.93. The van der Waals surface area contributed by atoms with Crippen molar-refractivity contribution in [3.8, 4) is 5.75 Å². The third-order valence-corrected chi connectivity index (χ3v) is 3.02. The summed E-state index contributed by atoms with van der Waals surface area (Å²) in [5.41, 5.74) is 2.29. The number of benzene rings is 2. The Balaban J connectivity index is 0.000000309. The fourth-order valence-corrected chi connectivity index (χ4v) is 1.97. The number of aromatic amines is 1. The quantitative estimate of drug-likeness (QED) is 0.726. The Kier molecular flexibility index (Phi) is 6.05. The largest absolute Gasteiger partial charge is 0.487 e. The van der Waals surface area contributed by atoms with E-state index >= 15 is 0 Å². The molecule has 3 rings (SSSR count). The van der Waals surface area contributed by atoms with Gasteiger partial charge in [-0.05, 0) is 24.6 Å². The monoisotopic (exact) mass is 297 g/mol. The van der Waals surface area contributed by atoms with Crippen molar-refractivity contribution in [1.82, 2.24) is 4.98 Å². The minimum absolute atomic E-state index is 0.431. The number of aromatic nitrogens is 1. The van der Waals surface area contributed by atoms with E-state index in [0.717, 1.165) is 16.7 Å². The van der Waals surface area contributed by atoms with Gasteiger partial charge in [-0.3, -0.25) is 4.79 Å². The summed E-state index contributed by atoms with van der Waals surface area (Å²) in [5, 5.41) is 1.13. The van der Waals surface area contributed by atoms with Crippen LogP contribution in [0.3, 0.4) is 0 Å². The lowest BCUT2D eigenvalue weighted by molar-refractivity contribution is -0.128. The molecule has 0 unspecified atom stereocenters. The van der Waals surface area contributed by atoms with Crippen molar-refractivity contribution in [2.24, 2.45) is 0 Å². The van der Waals surface area contributed by atoms with Gasteiger partial charge in [0, 0.05) is 17.1 Å². The van der Waals surface area contributed by atoms with Gasteiger partial charge in [0.05, 0.1) is 6.61 Å². The number of para-hydroxylation sites is 1. The molecule has 1 heterocycles. The van der Waals surface area contributed by atoms with Gasteiger partial charge in [0.1, 0.15) is 12.4 Å². The van der Waals surface area contributed by atoms with E-state index in [9.17, 15) is 4.79 Å². The molecule has 22 heavy (non-hydrogen) atoms. The van der Waals surface area contributed by atoms with Crippen LogP contribution >= 0.6 is 0 Å². The lowest BCUT2D eigenvalue weighted by atomic mass is 10.2. The first kappa shape index (κ1) is 15.6. The van der Waals surface area contributed by atoms with Crippen molar-refractivity contribution >= 4 is 17.4 Å². The molecule has 0 atom stereocenters. The van der Waals surface area contributed by atoms with E-state index in [1.165, 1.54) is 5.56 Å². The summed E-state index contributed by atoms with van der Waals surface area (Å²) in [6.07, 6.45) is 1.91. The second kappa shape index (κ2) is 8.52. The highest BCUT2D eigenvalue weighted by molar-refractivity contribution is 5.85. The fourth-order valence-electron chi connectivity index (χ4n) is 1.97. The average Bonchev–Trinajstić information content (AvgIpc) is 2.99. The number of H-pyrrole nitrogens is 1. The van der Waals surface area contributed by atoms with Crippen LogP contribution in [0.4, 0.5) is 0 Å². The molecule has 3 aromatic rings. The maximum Gasteiger partial charge on any atom is 0.293 e. The average molecular weight is 297 g/mol. The van der Waals surface area contributed by atoms with Crippen LogP contribution in [0.25, 0.3) is 10.9 Å². The maximum absolute atomic E-state index is 9.18. The summed E-state index contributed by atoms with van der Waals surface area (Å²) in [6.45, 7) is 3.26. The Morgan fingerprint density at radius 2 is 1.77 bits per heavy atom. The Morgan fingerprint density at radius 3 is 2.45 bits per heavy atom. The maximum atomic E-state index is 9.18. The molecule has 0 spiro atoms. The van der Waals surface area contributed by atoms with Crippen LogP contribution in [0.5, 0.6) is 5.75 Å². The standard InChI is InChI=1S/C15H13NO.C3H6O2/c1-2-6-12(7-3-1)11-17-15-10-16-14-9-5-4-8-13(14)15;1-2-5-3-4/h1-10,16H,11H2;3H,2H2,1H3. The lowest BCUT2D eigenvalue weighted by Gasteiger charge is -2.04. The topological polar surface area (TPSA) is 51.3 Å². The van der Waals surface area contributed by atoms with E-state index < -0.39 is 0 Å². The number of rotatable bonds is 5. The van der Waals surface area contributed by atoms with Crippen LogP contribution in [0.1, 0.15) is 12.5 Å². The second-order valence-corrected chi connectivity index (χ2v) is 4.52. The third kappa shape index (κ3) is 4.38. The molecule has 4 nitrogen and oxygen atoms in total. The third-order valence-electron chi connectivity index (χ3n) is 3.02. The van der Waals surface area contributed by atoms with Gasteiger partial charge in [-0.2, -0.15) is 0 Å². The van der Waals surface area contributed by atoms with Crippen LogP contribution < -0.4 is 4.74 Å². The molecule has 2 aromatic carbocycles. The molecular formula is C18H19NO3. The summed E-state index contributed by atoms with van der Waals surface area (Å²) in [4.78, 5) is 12.4. The number of hydrogen-bond donors (Lipinski definition) is 1. The van der Waals surface area contributed by atoms with E-state index in [4.69, 9.17) is 4.74 Å². The predicted octanol–water partition coefficient (Wildman–Crippen LogP) is 3.93. The van der Waals surface area contributed by atoms with Crippen molar-refractivity contribution in [2.45, 2.75) is 13.5 Å². The van der Waals surface area contributed by atoms with Crippen LogP contribution in [-0.4, -0.2) is 18.1 Å². The molecule has 114 valence electrons. The second-order valence-electron chi connectivity index (χ2n) is 4.52. The first-order valence-corrected chi connectivity index (χ1v) is 7.13. The van der Waals surface area contributed by atoms with Gasteiger partial charge < -0.3 is 14.5 Å². The number of ether oxygens (including phenoxy) is 2. The van der Waals surface area contributed by atoms with Gasteiger partial charge in [-0.15, -0.1) is 0 Å². The fraction of sp³-hybridized carbons (Fsp3) is 0.167. The highest BCUT2D eigenvalue weighted by Crippen LogP contribution is 2.25. The highest BCUT2D eigenvalue weighted by atomic mass is 16.5. The van der Waals surface area contributed by atoms with Crippen LogP contribution in [-0.2, 0) is 16.1 Å². The molecule has 0 aliphatic rings. The molecule has 0 aliphatic carbocycles. The summed E-state index contributed by atoms with van der Waals surface area (Å²) in [5.74, 6) is 0.907. The molecule has 0 aliphatic heterocycles. The van der Waals surface area contributed by atoms with Gasteiger partial charge in [0.2, 0.25) is 0 Å². The molecule has 0 radical (unpaired) electrons. The zero-order valence-electron chi connectivity index (χ0n) is 12.5.